The molecule has 4 aliphatic rings. The van der Waals surface area contributed by atoms with Crippen molar-refractivity contribution in [1.29, 1.82) is 0 Å². The average Bonchev–Trinajstić information content (AvgIpc) is 2.03. The number of carboxylic acids is 1. The zero-order valence-electron chi connectivity index (χ0n) is 51.6. The summed E-state index contributed by atoms with van der Waals surface area (Å²) in [6, 6.07) is 9.73. The summed E-state index contributed by atoms with van der Waals surface area (Å²) in [5.74, 6) is -5.89. The van der Waals surface area contributed by atoms with Gasteiger partial charge in [-0.25, -0.2) is 24.4 Å². The minimum Gasteiger partial charge on any atom is -0.549 e. The summed E-state index contributed by atoms with van der Waals surface area (Å²) in [6.07, 6.45) is 10.2. The number of amides is 7. The van der Waals surface area contributed by atoms with Crippen LogP contribution in [-0.4, -0.2) is 163 Å². The highest BCUT2D eigenvalue weighted by molar-refractivity contribution is 6.83. The standard InChI is InChI=1S/C30H43BN5O8.C21H32N4O6.C9H13BNO3.CH4.ClH/c1-18(2)15-22(29(42)43-17-19-9-5-3-6-10-19)34-27(40)23(16-37)35-26(39)21(13-14-24(32)38)33-28(41)25(36-30-31-44-30)20-11-7-4-8-12-20;1-13(2)10-16(21(30)31-12-14-6-4-3-5-7-14)24-20(29)17(11-26)25-19(28)15(22)8-9-18(23)27;12-8(13)7(11-9-10-14-9)6-4-2-1-3-5-6;;/h3,5-6,9-10,18,20-23,25,37H,4,7-8,11-17H2,1-2H3,(H2,32,38)(H,33,41)(H,34,40)(H,35,39);3-7,13,15-17,26H,8-12,22H2,1-2H3,(H2,23,27)(H,24,29)(H,25,28);6-7H,1-5H2,(H,12,13);1H4;1H/t21-,22-,23-,25-;15-,16-,17-;7-;;/m000../s1. The Balaban J connectivity index is 0.000000518. The minimum absolute atomic E-state index is 0. The van der Waals surface area contributed by atoms with Crippen molar-refractivity contribution in [2.45, 2.75) is 199 Å². The molecular weight excluding hydrogens is 1200 g/mol. The van der Waals surface area contributed by atoms with Gasteiger partial charge >= 0.3 is 32.9 Å². The number of carboxylic acid groups (broad SMARTS) is 1. The molecule has 2 aliphatic heterocycles. The third-order valence-corrected chi connectivity index (χ3v) is 14.7. The number of aliphatic imine (C=N–C) groups is 2. The number of nitrogens with one attached hydrogen (secondary N) is 5. The molecule has 27 nitrogen and oxygen atoms in total. The van der Waals surface area contributed by atoms with Crippen molar-refractivity contribution < 1.29 is 82.0 Å². The van der Waals surface area contributed by atoms with Crippen molar-refractivity contribution in [2.75, 3.05) is 13.2 Å². The average molecular weight is 1300 g/mol. The quantitative estimate of drug-likeness (QED) is 0.0276. The maximum absolute atomic E-state index is 13.4. The van der Waals surface area contributed by atoms with Crippen LogP contribution in [0.5, 0.6) is 0 Å². The number of halogens is 1. The van der Waals surface area contributed by atoms with Crippen LogP contribution >= 0.6 is 12.4 Å². The van der Waals surface area contributed by atoms with Crippen LogP contribution in [0.25, 0.3) is 0 Å². The number of aliphatic carboxylic acids is 1. The molecule has 8 atom stereocenters. The molecule has 6 rings (SSSR count). The van der Waals surface area contributed by atoms with Crippen LogP contribution in [-0.2, 0) is 79.9 Å². The van der Waals surface area contributed by atoms with Crippen molar-refractivity contribution in [3.63, 3.8) is 0 Å². The van der Waals surface area contributed by atoms with Gasteiger partial charge in [0.25, 0.3) is 0 Å². The molecule has 7 amide bonds. The van der Waals surface area contributed by atoms with E-state index >= 15 is 0 Å². The largest absolute Gasteiger partial charge is 0.549 e. The highest BCUT2D eigenvalue weighted by Crippen LogP contribution is 2.30. The first kappa shape index (κ1) is 79.5. The number of primary amides is 2. The number of benzene rings is 2. The maximum atomic E-state index is 13.4. The minimum atomic E-state index is -1.45. The molecule has 2 aromatic rings. The summed E-state index contributed by atoms with van der Waals surface area (Å²) < 4.78 is 20.5. The van der Waals surface area contributed by atoms with E-state index in [-0.39, 0.29) is 88.8 Å². The van der Waals surface area contributed by atoms with Crippen LogP contribution in [0.1, 0.15) is 149 Å². The number of hydrogen-bond acceptors (Lipinski definition) is 19. The van der Waals surface area contributed by atoms with Gasteiger partial charge in [-0.05, 0) is 86.2 Å². The molecule has 14 N–H and O–H groups in total. The Morgan fingerprint density at radius 2 is 0.890 bits per heavy atom. The number of ether oxygens (including phenoxy) is 2. The van der Waals surface area contributed by atoms with Crippen molar-refractivity contribution in [3.05, 3.63) is 71.8 Å². The SMILES string of the molecule is C.CC(C)C[C@H](NC(=O)[C@H](CO)NC(=O)[C@@H](N)CCC(N)=O)C(=O)OCc1ccccc1.CC(C)C[C@H](NC(=O)[C@H](CO)NC(=O)[C@H](CCC(N)=O)NC(=O)[C@@H](N=C1[B]O1)C1CCCCC1)C(=O)OCc1ccccc1.Cl.O=C(O)[C@@H](N=C1[B]O1)C1CCCCC1. The van der Waals surface area contributed by atoms with Crippen molar-refractivity contribution in [1.82, 2.24) is 26.6 Å². The molecule has 0 unspecified atom stereocenters. The van der Waals surface area contributed by atoms with Crippen LogP contribution in [0.4, 0.5) is 0 Å². The normalized spacial score (nSPS) is 17.5. The summed E-state index contributed by atoms with van der Waals surface area (Å²) in [5.41, 5.74) is 17.6. The van der Waals surface area contributed by atoms with E-state index in [1.807, 2.05) is 76.2 Å². The van der Waals surface area contributed by atoms with E-state index in [9.17, 15) is 58.2 Å². The number of carbonyl (C=O) groups excluding carboxylic acids is 9. The highest BCUT2D eigenvalue weighted by Gasteiger charge is 2.38. The van der Waals surface area contributed by atoms with Gasteiger partial charge in [-0.1, -0.05) is 134 Å². The molecule has 0 spiro atoms. The summed E-state index contributed by atoms with van der Waals surface area (Å²) in [7, 11) is 2.91. The Kier molecular flexibility index (Phi) is 37.1. The zero-order valence-corrected chi connectivity index (χ0v) is 52.4. The lowest BCUT2D eigenvalue weighted by Crippen LogP contribution is -2.58. The first-order valence-corrected chi connectivity index (χ1v) is 30.3. The Hall–Kier alpha value is -7.62. The summed E-state index contributed by atoms with van der Waals surface area (Å²) in [5, 5.41) is 41.1. The maximum Gasteiger partial charge on any atom is 0.474 e. The summed E-state index contributed by atoms with van der Waals surface area (Å²) >= 11 is 0. The predicted molar refractivity (Wildman–Crippen MR) is 341 cm³/mol. The second kappa shape index (κ2) is 42.4. The number of aliphatic hydroxyl groups excluding tert-OH is 2. The molecule has 2 aromatic carbocycles. The highest BCUT2D eigenvalue weighted by atomic mass is 35.5. The Morgan fingerprint density at radius 3 is 1.26 bits per heavy atom. The first-order chi connectivity index (χ1) is 42.5. The molecule has 2 heterocycles. The Labute approximate surface area is 540 Å². The lowest BCUT2D eigenvalue weighted by molar-refractivity contribution is -0.150. The number of rotatable bonds is 33. The fourth-order valence-corrected chi connectivity index (χ4v) is 9.84. The first-order valence-electron chi connectivity index (χ1n) is 30.3. The van der Waals surface area contributed by atoms with Gasteiger partial charge in [0.1, 0.15) is 49.5 Å². The third-order valence-electron chi connectivity index (χ3n) is 14.7. The van der Waals surface area contributed by atoms with E-state index < -0.39 is 121 Å². The van der Waals surface area contributed by atoms with Crippen LogP contribution < -0.4 is 43.8 Å². The molecule has 4 fully saturated rings. The second-order valence-electron chi connectivity index (χ2n) is 23.2. The molecule has 0 bridgehead atoms. The van der Waals surface area contributed by atoms with Crippen LogP contribution in [0, 0.1) is 23.7 Å². The van der Waals surface area contributed by atoms with Gasteiger partial charge in [-0.2, -0.15) is 0 Å². The number of aliphatic hydroxyl groups is 2. The van der Waals surface area contributed by atoms with Gasteiger partial charge in [-0.3, -0.25) is 33.6 Å². The molecule has 2 saturated heterocycles. The second-order valence-corrected chi connectivity index (χ2v) is 23.2. The smallest absolute Gasteiger partial charge is 0.474 e. The number of esters is 2. The summed E-state index contributed by atoms with van der Waals surface area (Å²) in [6.45, 7) is 6.10. The molecular formula is C61H93B2ClN10O17. The van der Waals surface area contributed by atoms with Gasteiger partial charge in [0.15, 0.2) is 17.6 Å². The Morgan fingerprint density at radius 1 is 0.538 bits per heavy atom. The monoisotopic (exact) mass is 1290 g/mol. The van der Waals surface area contributed by atoms with Gasteiger partial charge in [-0.15, -0.1) is 12.4 Å². The predicted octanol–water partition coefficient (Wildman–Crippen LogP) is 1.86. The third kappa shape index (κ3) is 31.3. The molecule has 2 saturated carbocycles. The molecule has 91 heavy (non-hydrogen) atoms. The Bertz CT molecular complexity index is 2690. The topological polar surface area (TPSA) is 438 Å². The number of nitrogens with two attached hydrogens (primary N) is 3. The van der Waals surface area contributed by atoms with Crippen molar-refractivity contribution in [2.24, 2.45) is 50.9 Å². The molecule has 0 aromatic heterocycles. The molecule has 502 valence electrons. The van der Waals surface area contributed by atoms with Crippen molar-refractivity contribution >= 4 is 98.2 Å². The van der Waals surface area contributed by atoms with Gasteiger partial charge in [0.2, 0.25) is 41.4 Å². The van der Waals surface area contributed by atoms with E-state index in [1.54, 1.807) is 12.1 Å². The van der Waals surface area contributed by atoms with Crippen LogP contribution in [0.15, 0.2) is 70.6 Å². The van der Waals surface area contributed by atoms with E-state index in [1.165, 1.54) is 21.4 Å². The van der Waals surface area contributed by atoms with Gasteiger partial charge < -0.3 is 77.9 Å². The fourth-order valence-electron chi connectivity index (χ4n) is 9.84. The molecule has 30 heteroatoms. The van der Waals surface area contributed by atoms with E-state index in [0.717, 1.165) is 68.9 Å². The lowest BCUT2D eigenvalue weighted by atomic mass is 9.83. The fraction of sp³-hybridized carbons (Fsp3) is 0.607. The van der Waals surface area contributed by atoms with Crippen LogP contribution in [0.3, 0.4) is 0 Å². The van der Waals surface area contributed by atoms with Gasteiger partial charge in [0, 0.05) is 12.8 Å². The van der Waals surface area contributed by atoms with E-state index in [0.29, 0.717) is 18.0 Å². The number of carbonyl (C=O) groups is 10. The zero-order chi connectivity index (χ0) is 65.4. The van der Waals surface area contributed by atoms with Gasteiger partial charge in [0.05, 0.1) is 19.3 Å². The molecule has 2 aliphatic carbocycles. The number of hydrogen-bond donors (Lipinski definition) is 11. The van der Waals surface area contributed by atoms with E-state index in [4.69, 9.17) is 41.1 Å². The van der Waals surface area contributed by atoms with Crippen molar-refractivity contribution in [3.8, 4) is 0 Å². The molecule has 2 radical (unpaired) electrons. The summed E-state index contributed by atoms with van der Waals surface area (Å²) in [4.78, 5) is 132. The van der Waals surface area contributed by atoms with Crippen LogP contribution in [0.2, 0.25) is 0 Å². The lowest BCUT2D eigenvalue weighted by Gasteiger charge is -2.28. The number of nitrogens with zero attached hydrogens (tertiary/aromatic N) is 2. The van der Waals surface area contributed by atoms with E-state index in [2.05, 4.69) is 36.6 Å².